The van der Waals surface area contributed by atoms with Gasteiger partial charge >= 0.3 is 0 Å². The predicted octanol–water partition coefficient (Wildman–Crippen LogP) is 3.77. The monoisotopic (exact) mass is 365 g/mol. The van der Waals surface area contributed by atoms with Crippen LogP contribution in [0.2, 0.25) is 5.02 Å². The zero-order chi connectivity index (χ0) is 17.4. The van der Waals surface area contributed by atoms with Crippen LogP contribution >= 0.6 is 23.4 Å². The van der Waals surface area contributed by atoms with Crippen molar-refractivity contribution in [3.63, 3.8) is 0 Å². The molecule has 0 bridgehead atoms. The number of phenols is 1. The maximum absolute atomic E-state index is 12.7. The van der Waals surface area contributed by atoms with Gasteiger partial charge in [0.15, 0.2) is 11.6 Å². The molecule has 3 rings (SSSR count). The Morgan fingerprint density at radius 2 is 2.08 bits per heavy atom. The standard InChI is InChI=1S/C18H20ClNO3S/c1-9-6-13(21)11(7-12(9)19)14(22)8-15(23)17-10-4-2-3-5-16(10)24-18(17)20/h6-7,16,18,21H,2-5,8,20H2,1H3. The van der Waals surface area contributed by atoms with E-state index in [0.717, 1.165) is 31.3 Å². The van der Waals surface area contributed by atoms with E-state index in [1.54, 1.807) is 18.7 Å². The number of carbonyl (C=O) groups is 2. The predicted molar refractivity (Wildman–Crippen MR) is 96.7 cm³/mol. The van der Waals surface area contributed by atoms with Gasteiger partial charge in [-0.15, -0.1) is 11.8 Å². The van der Waals surface area contributed by atoms with Gasteiger partial charge in [0.1, 0.15) is 5.75 Å². The van der Waals surface area contributed by atoms with E-state index in [1.807, 2.05) is 0 Å². The van der Waals surface area contributed by atoms with Gasteiger partial charge in [0.2, 0.25) is 0 Å². The molecule has 3 N–H and O–H groups in total. The minimum atomic E-state index is -0.427. The summed E-state index contributed by atoms with van der Waals surface area (Å²) in [5.41, 5.74) is 8.65. The summed E-state index contributed by atoms with van der Waals surface area (Å²) >= 11 is 7.64. The lowest BCUT2D eigenvalue weighted by atomic mass is 9.88. The van der Waals surface area contributed by atoms with Crippen LogP contribution in [0.4, 0.5) is 0 Å². The van der Waals surface area contributed by atoms with Crippen LogP contribution in [0, 0.1) is 6.92 Å². The Bertz CT molecular complexity index is 744. The fourth-order valence-corrected chi connectivity index (χ4v) is 5.08. The van der Waals surface area contributed by atoms with Gasteiger partial charge < -0.3 is 10.8 Å². The highest BCUT2D eigenvalue weighted by atomic mass is 35.5. The van der Waals surface area contributed by atoms with Crippen LogP contribution in [-0.4, -0.2) is 27.3 Å². The summed E-state index contributed by atoms with van der Waals surface area (Å²) in [4.78, 5) is 25.1. The molecule has 0 amide bonds. The van der Waals surface area contributed by atoms with Gasteiger partial charge in [-0.1, -0.05) is 18.0 Å². The van der Waals surface area contributed by atoms with Crippen LogP contribution < -0.4 is 5.73 Å². The maximum atomic E-state index is 12.7. The molecule has 1 aliphatic heterocycles. The Kier molecular flexibility index (Phi) is 5.04. The van der Waals surface area contributed by atoms with Crippen molar-refractivity contribution in [2.24, 2.45) is 5.73 Å². The first-order chi connectivity index (χ1) is 11.4. The first-order valence-electron chi connectivity index (χ1n) is 8.08. The molecule has 2 atom stereocenters. The number of hydrogen-bond acceptors (Lipinski definition) is 5. The highest BCUT2D eigenvalue weighted by Crippen LogP contribution is 2.44. The Morgan fingerprint density at radius 1 is 1.33 bits per heavy atom. The molecule has 0 spiro atoms. The number of carbonyl (C=O) groups excluding carboxylic acids is 2. The number of benzene rings is 1. The molecular formula is C18H20ClNO3S. The van der Waals surface area contributed by atoms with Crippen molar-refractivity contribution in [3.8, 4) is 5.75 Å². The highest BCUT2D eigenvalue weighted by Gasteiger charge is 2.37. The first-order valence-corrected chi connectivity index (χ1v) is 9.40. The van der Waals surface area contributed by atoms with E-state index in [-0.39, 0.29) is 28.9 Å². The van der Waals surface area contributed by atoms with Gasteiger partial charge in [-0.3, -0.25) is 9.59 Å². The molecule has 0 saturated heterocycles. The zero-order valence-corrected chi connectivity index (χ0v) is 15.0. The third kappa shape index (κ3) is 3.25. The smallest absolute Gasteiger partial charge is 0.174 e. The van der Waals surface area contributed by atoms with E-state index in [4.69, 9.17) is 17.3 Å². The van der Waals surface area contributed by atoms with E-state index in [0.29, 0.717) is 21.4 Å². The summed E-state index contributed by atoms with van der Waals surface area (Å²) in [5.74, 6) is -0.799. The lowest BCUT2D eigenvalue weighted by molar-refractivity contribution is -0.114. The van der Waals surface area contributed by atoms with E-state index in [2.05, 4.69) is 0 Å². The van der Waals surface area contributed by atoms with Gasteiger partial charge in [-0.2, -0.15) is 0 Å². The lowest BCUT2D eigenvalue weighted by Gasteiger charge is -2.19. The van der Waals surface area contributed by atoms with Gasteiger partial charge in [0.25, 0.3) is 0 Å². The van der Waals surface area contributed by atoms with E-state index >= 15 is 0 Å². The first kappa shape index (κ1) is 17.5. The van der Waals surface area contributed by atoms with E-state index in [9.17, 15) is 14.7 Å². The fourth-order valence-electron chi connectivity index (χ4n) is 3.43. The Balaban J connectivity index is 1.82. The molecule has 1 aromatic rings. The molecule has 128 valence electrons. The molecule has 1 fully saturated rings. The molecule has 0 aromatic heterocycles. The van der Waals surface area contributed by atoms with Crippen molar-refractivity contribution >= 4 is 34.9 Å². The van der Waals surface area contributed by atoms with E-state index < -0.39 is 5.78 Å². The fraction of sp³-hybridized carbons (Fsp3) is 0.444. The normalized spacial score (nSPS) is 23.3. The number of ketones is 2. The number of aromatic hydroxyl groups is 1. The number of phenolic OH excluding ortho intramolecular Hbond substituents is 1. The second-order valence-electron chi connectivity index (χ2n) is 6.37. The molecule has 0 radical (unpaired) electrons. The largest absolute Gasteiger partial charge is 0.507 e. The minimum Gasteiger partial charge on any atom is -0.507 e. The number of rotatable bonds is 4. The van der Waals surface area contributed by atoms with Crippen molar-refractivity contribution in [2.45, 2.75) is 49.7 Å². The SMILES string of the molecule is Cc1cc(O)c(C(=O)CC(=O)C2=C3CCCCC3SC2N)cc1Cl. The van der Waals surface area contributed by atoms with Crippen molar-refractivity contribution in [1.82, 2.24) is 0 Å². The molecule has 1 aliphatic carbocycles. The Hall–Kier alpha value is -1.30. The van der Waals surface area contributed by atoms with Gasteiger partial charge in [-0.25, -0.2) is 0 Å². The summed E-state index contributed by atoms with van der Waals surface area (Å²) in [6, 6.07) is 2.86. The van der Waals surface area contributed by atoms with Gasteiger partial charge in [0.05, 0.1) is 17.4 Å². The number of halogens is 1. The second kappa shape index (κ2) is 6.90. The molecule has 2 unspecified atom stereocenters. The second-order valence-corrected chi connectivity index (χ2v) is 8.13. The average molecular weight is 366 g/mol. The lowest BCUT2D eigenvalue weighted by Crippen LogP contribution is -2.23. The van der Waals surface area contributed by atoms with Crippen LogP contribution in [0.25, 0.3) is 0 Å². The molecule has 1 saturated carbocycles. The number of hydrogen-bond donors (Lipinski definition) is 2. The van der Waals surface area contributed by atoms with Crippen LogP contribution in [0.3, 0.4) is 0 Å². The Labute approximate surface area is 150 Å². The molecule has 4 nitrogen and oxygen atoms in total. The third-order valence-electron chi connectivity index (χ3n) is 4.69. The summed E-state index contributed by atoms with van der Waals surface area (Å²) in [6.07, 6.45) is 3.88. The molecule has 2 aliphatic rings. The average Bonchev–Trinajstić information content (AvgIpc) is 2.86. The van der Waals surface area contributed by atoms with Crippen molar-refractivity contribution in [3.05, 3.63) is 39.4 Å². The van der Waals surface area contributed by atoms with E-state index in [1.165, 1.54) is 12.1 Å². The quantitative estimate of drug-likeness (QED) is 0.627. The summed E-state index contributed by atoms with van der Waals surface area (Å²) < 4.78 is 0. The summed E-state index contributed by atoms with van der Waals surface area (Å²) in [6.45, 7) is 1.74. The van der Waals surface area contributed by atoms with Crippen molar-refractivity contribution < 1.29 is 14.7 Å². The van der Waals surface area contributed by atoms with Crippen LogP contribution in [0.15, 0.2) is 23.3 Å². The molecule has 1 aromatic carbocycles. The van der Waals surface area contributed by atoms with Crippen molar-refractivity contribution in [1.29, 1.82) is 0 Å². The third-order valence-corrected chi connectivity index (χ3v) is 6.48. The van der Waals surface area contributed by atoms with Crippen LogP contribution in [0.5, 0.6) is 5.75 Å². The Morgan fingerprint density at radius 3 is 2.83 bits per heavy atom. The number of fused-ring (bicyclic) bond motifs is 1. The zero-order valence-electron chi connectivity index (χ0n) is 13.5. The van der Waals surface area contributed by atoms with Crippen LogP contribution in [0.1, 0.15) is 48.0 Å². The molecular weight excluding hydrogens is 346 g/mol. The topological polar surface area (TPSA) is 80.4 Å². The summed E-state index contributed by atoms with van der Waals surface area (Å²) in [7, 11) is 0. The van der Waals surface area contributed by atoms with Gasteiger partial charge in [0, 0.05) is 15.8 Å². The summed E-state index contributed by atoms with van der Waals surface area (Å²) in [5, 5.41) is 10.3. The number of thioether (sulfide) groups is 1. The molecule has 1 heterocycles. The molecule has 6 heteroatoms. The van der Waals surface area contributed by atoms with Crippen LogP contribution in [-0.2, 0) is 4.79 Å². The number of aryl methyl sites for hydroxylation is 1. The minimum absolute atomic E-state index is 0.0870. The van der Waals surface area contributed by atoms with Gasteiger partial charge in [-0.05, 0) is 49.5 Å². The van der Waals surface area contributed by atoms with Crippen molar-refractivity contribution in [2.75, 3.05) is 0 Å². The highest BCUT2D eigenvalue weighted by molar-refractivity contribution is 8.01. The maximum Gasteiger partial charge on any atom is 0.174 e. The number of Topliss-reactive ketones (excluding diaryl/α,β-unsaturated/α-hetero) is 2. The number of nitrogens with two attached hydrogens (primary N) is 1. The molecule has 24 heavy (non-hydrogen) atoms.